The highest BCUT2D eigenvalue weighted by atomic mass is 15.1. The predicted molar refractivity (Wildman–Crippen MR) is 151 cm³/mol. The van der Waals surface area contributed by atoms with Gasteiger partial charge in [0.1, 0.15) is 11.6 Å². The number of aromatic amines is 2. The summed E-state index contributed by atoms with van der Waals surface area (Å²) in [6.45, 7) is 0. The fraction of sp³-hybridized carbons (Fsp3) is 0.455. The highest BCUT2D eigenvalue weighted by Crippen LogP contribution is 2.48. The first kappa shape index (κ1) is 22.8. The van der Waals surface area contributed by atoms with Gasteiger partial charge < -0.3 is 15.3 Å². The second kappa shape index (κ2) is 9.23. The van der Waals surface area contributed by atoms with E-state index in [9.17, 15) is 0 Å². The second-order valence-electron chi connectivity index (χ2n) is 12.4. The minimum atomic E-state index is 0.397. The van der Waals surface area contributed by atoms with Gasteiger partial charge >= 0.3 is 0 Å². The molecular formula is C33H37N5. The Bertz CT molecular complexity index is 1400. The quantitative estimate of drug-likeness (QED) is 0.262. The number of H-pyrrole nitrogens is 2. The lowest BCUT2D eigenvalue weighted by atomic mass is 9.82. The molecular weight excluding hydrogens is 466 g/mol. The SMILES string of the molecule is c1cc(-c2cnc(C3CC4CCCCC4C3)[nH]2)ccc1-c1ccc(-c2cnc([C@H]3NC4CCC3C4)[nH]2)cc1. The maximum absolute atomic E-state index is 4.82. The Morgan fingerprint density at radius 2 is 1.11 bits per heavy atom. The minimum Gasteiger partial charge on any atom is -0.342 e. The molecule has 4 fully saturated rings. The summed E-state index contributed by atoms with van der Waals surface area (Å²) in [5, 5.41) is 3.74. The highest BCUT2D eigenvalue weighted by Gasteiger charge is 2.41. The minimum absolute atomic E-state index is 0.397. The van der Waals surface area contributed by atoms with Crippen molar-refractivity contribution in [3.8, 4) is 33.6 Å². The third-order valence-electron chi connectivity index (χ3n) is 10.2. The van der Waals surface area contributed by atoms with E-state index in [1.54, 1.807) is 0 Å². The van der Waals surface area contributed by atoms with Crippen LogP contribution < -0.4 is 5.32 Å². The first-order valence-electron chi connectivity index (χ1n) is 14.8. The Kier molecular flexibility index (Phi) is 5.53. The summed E-state index contributed by atoms with van der Waals surface area (Å²) >= 11 is 0. The second-order valence-corrected chi connectivity index (χ2v) is 12.4. The van der Waals surface area contributed by atoms with E-state index in [1.165, 1.54) is 85.9 Å². The highest BCUT2D eigenvalue weighted by molar-refractivity contribution is 5.71. The van der Waals surface area contributed by atoms with Gasteiger partial charge in [0, 0.05) is 12.0 Å². The van der Waals surface area contributed by atoms with Crippen LogP contribution in [0, 0.1) is 17.8 Å². The molecule has 194 valence electrons. The predicted octanol–water partition coefficient (Wildman–Crippen LogP) is 7.63. The summed E-state index contributed by atoms with van der Waals surface area (Å²) in [7, 11) is 0. The number of fused-ring (bicyclic) bond motifs is 3. The van der Waals surface area contributed by atoms with Gasteiger partial charge in [0.25, 0.3) is 0 Å². The summed E-state index contributed by atoms with van der Waals surface area (Å²) in [6, 6.07) is 18.8. The zero-order chi connectivity index (χ0) is 25.1. The van der Waals surface area contributed by atoms with Gasteiger partial charge in [0.05, 0.1) is 29.8 Å². The average molecular weight is 504 g/mol. The van der Waals surface area contributed by atoms with Crippen molar-refractivity contribution in [2.45, 2.75) is 75.8 Å². The van der Waals surface area contributed by atoms with Crippen LogP contribution >= 0.6 is 0 Å². The Labute approximate surface area is 224 Å². The van der Waals surface area contributed by atoms with Crippen LogP contribution in [0.5, 0.6) is 0 Å². The van der Waals surface area contributed by atoms with E-state index in [2.05, 4.69) is 63.8 Å². The Hall–Kier alpha value is -3.18. The number of hydrogen-bond acceptors (Lipinski definition) is 3. The number of hydrogen-bond donors (Lipinski definition) is 3. The van der Waals surface area contributed by atoms with Gasteiger partial charge in [-0.05, 0) is 72.1 Å². The first-order valence-corrected chi connectivity index (χ1v) is 14.8. The number of rotatable bonds is 5. The molecule has 1 aliphatic heterocycles. The zero-order valence-electron chi connectivity index (χ0n) is 22.0. The summed E-state index contributed by atoms with van der Waals surface area (Å²) in [5.41, 5.74) is 7.09. The number of benzene rings is 2. The van der Waals surface area contributed by atoms with Crippen LogP contribution in [0.4, 0.5) is 0 Å². The van der Waals surface area contributed by atoms with Crippen LogP contribution in [-0.2, 0) is 0 Å². The topological polar surface area (TPSA) is 69.4 Å². The van der Waals surface area contributed by atoms with E-state index >= 15 is 0 Å². The van der Waals surface area contributed by atoms with Gasteiger partial charge in [-0.3, -0.25) is 0 Å². The molecule has 4 unspecified atom stereocenters. The first-order chi connectivity index (χ1) is 18.8. The lowest BCUT2D eigenvalue weighted by molar-refractivity contribution is 0.277. The molecule has 3 saturated carbocycles. The molecule has 0 spiro atoms. The summed E-state index contributed by atoms with van der Waals surface area (Å²) in [4.78, 5) is 16.8. The molecule has 38 heavy (non-hydrogen) atoms. The Morgan fingerprint density at radius 3 is 1.66 bits per heavy atom. The average Bonchev–Trinajstić information content (AvgIpc) is 3.80. The van der Waals surface area contributed by atoms with Crippen molar-refractivity contribution < 1.29 is 0 Å². The van der Waals surface area contributed by atoms with Crippen molar-refractivity contribution >= 4 is 0 Å². The van der Waals surface area contributed by atoms with E-state index in [0.717, 1.165) is 35.0 Å². The van der Waals surface area contributed by atoms with Gasteiger partial charge in [-0.25, -0.2) is 9.97 Å². The van der Waals surface area contributed by atoms with Gasteiger partial charge in [-0.2, -0.15) is 0 Å². The standard InChI is InChI=1S/C33H37N5/c1-2-4-25-16-27(15-24(25)3-1)32-34-18-29(37-32)22-9-5-20(6-10-22)21-7-11-23(12-8-21)30-19-35-33(38-30)31-26-13-14-28(17-26)36-31/h5-12,18-19,24-28,31,36H,1-4,13-17H2,(H,34,37)(H,35,38)/t24?,25?,26?,27?,28?,31-/m0/s1. The third kappa shape index (κ3) is 4.03. The van der Waals surface area contributed by atoms with Gasteiger partial charge in [0.2, 0.25) is 0 Å². The zero-order valence-corrected chi connectivity index (χ0v) is 22.0. The van der Waals surface area contributed by atoms with Crippen LogP contribution in [0.1, 0.15) is 81.4 Å². The molecule has 1 saturated heterocycles. The van der Waals surface area contributed by atoms with E-state index in [-0.39, 0.29) is 0 Å². The molecule has 0 amide bonds. The molecule has 2 bridgehead atoms. The van der Waals surface area contributed by atoms with Crippen molar-refractivity contribution in [1.29, 1.82) is 0 Å². The van der Waals surface area contributed by atoms with Gasteiger partial charge in [-0.1, -0.05) is 74.2 Å². The van der Waals surface area contributed by atoms with Crippen molar-refractivity contribution in [3.05, 3.63) is 72.6 Å². The van der Waals surface area contributed by atoms with Crippen LogP contribution in [0.25, 0.3) is 33.6 Å². The van der Waals surface area contributed by atoms with E-state index < -0.39 is 0 Å². The molecule has 5 nitrogen and oxygen atoms in total. The molecule has 2 aromatic carbocycles. The Balaban J connectivity index is 0.950. The number of aromatic nitrogens is 4. The molecule has 0 radical (unpaired) electrons. The molecule has 3 N–H and O–H groups in total. The molecule has 8 rings (SSSR count). The number of imidazole rings is 2. The van der Waals surface area contributed by atoms with Crippen LogP contribution in [0.3, 0.4) is 0 Å². The van der Waals surface area contributed by atoms with Crippen LogP contribution in [0.2, 0.25) is 0 Å². The monoisotopic (exact) mass is 503 g/mol. The summed E-state index contributed by atoms with van der Waals surface area (Å²) in [6.07, 6.45) is 16.3. The fourth-order valence-electron chi connectivity index (χ4n) is 8.13. The molecule has 2 aromatic heterocycles. The van der Waals surface area contributed by atoms with Crippen LogP contribution in [0.15, 0.2) is 60.9 Å². The molecule has 3 aliphatic carbocycles. The van der Waals surface area contributed by atoms with Gasteiger partial charge in [0.15, 0.2) is 0 Å². The van der Waals surface area contributed by atoms with Crippen molar-refractivity contribution in [1.82, 2.24) is 25.3 Å². The maximum Gasteiger partial charge on any atom is 0.124 e. The molecule has 5 atom stereocenters. The number of piperidine rings is 1. The summed E-state index contributed by atoms with van der Waals surface area (Å²) in [5.74, 6) is 5.52. The third-order valence-corrected chi connectivity index (χ3v) is 10.2. The maximum atomic E-state index is 4.82. The molecule has 4 aliphatic rings. The largest absolute Gasteiger partial charge is 0.342 e. The number of nitrogens with zero attached hydrogens (tertiary/aromatic N) is 2. The normalized spacial score (nSPS) is 30.1. The smallest absolute Gasteiger partial charge is 0.124 e. The Morgan fingerprint density at radius 1 is 0.553 bits per heavy atom. The van der Waals surface area contributed by atoms with E-state index in [1.807, 2.05) is 12.4 Å². The molecule has 4 aromatic rings. The van der Waals surface area contributed by atoms with Gasteiger partial charge in [-0.15, -0.1) is 0 Å². The molecule has 5 heteroatoms. The van der Waals surface area contributed by atoms with Crippen molar-refractivity contribution in [2.24, 2.45) is 17.8 Å². The van der Waals surface area contributed by atoms with E-state index in [4.69, 9.17) is 9.97 Å². The lowest BCUT2D eigenvalue weighted by Crippen LogP contribution is -2.29. The molecule has 3 heterocycles. The van der Waals surface area contributed by atoms with Crippen molar-refractivity contribution in [3.63, 3.8) is 0 Å². The lowest BCUT2D eigenvalue weighted by Gasteiger charge is -2.24. The van der Waals surface area contributed by atoms with E-state index in [0.29, 0.717) is 18.0 Å². The fourth-order valence-corrected chi connectivity index (χ4v) is 8.13. The van der Waals surface area contributed by atoms with Crippen LogP contribution in [-0.4, -0.2) is 26.0 Å². The van der Waals surface area contributed by atoms with Crippen molar-refractivity contribution in [2.75, 3.05) is 0 Å². The number of nitrogens with one attached hydrogen (secondary N) is 3. The summed E-state index contributed by atoms with van der Waals surface area (Å²) < 4.78 is 0.